The quantitative estimate of drug-likeness (QED) is 0.723. The minimum absolute atomic E-state index is 0.202. The highest BCUT2D eigenvalue weighted by atomic mass is 16.6. The van der Waals surface area contributed by atoms with Gasteiger partial charge in [0.2, 0.25) is 0 Å². The van der Waals surface area contributed by atoms with Gasteiger partial charge in [0.25, 0.3) is 0 Å². The van der Waals surface area contributed by atoms with Crippen molar-refractivity contribution in [3.05, 3.63) is 0 Å². The van der Waals surface area contributed by atoms with E-state index in [0.717, 1.165) is 45.3 Å². The minimum atomic E-state index is -0.432. The molecule has 1 rings (SSSR count). The van der Waals surface area contributed by atoms with Crippen LogP contribution in [-0.2, 0) is 4.74 Å². The largest absolute Gasteiger partial charge is 0.444 e. The molecule has 1 heterocycles. The molecule has 1 fully saturated rings. The fourth-order valence-electron chi connectivity index (χ4n) is 2.24. The summed E-state index contributed by atoms with van der Waals surface area (Å²) in [7, 11) is 0. The molecule has 2 N–H and O–H groups in total. The van der Waals surface area contributed by atoms with Crippen LogP contribution in [0.1, 0.15) is 46.5 Å². The first-order valence-corrected chi connectivity index (χ1v) is 7.25. The predicted molar refractivity (Wildman–Crippen MR) is 75.2 cm³/mol. The predicted octanol–water partition coefficient (Wildman–Crippen LogP) is 1.75. The molecule has 1 aliphatic heterocycles. The van der Waals surface area contributed by atoms with Gasteiger partial charge in [0.05, 0.1) is 0 Å². The van der Waals surface area contributed by atoms with E-state index in [9.17, 15) is 4.79 Å². The third kappa shape index (κ3) is 6.25. The normalized spacial score (nSPS) is 19.8. The summed E-state index contributed by atoms with van der Waals surface area (Å²) in [5.41, 5.74) is -0.432. The molecule has 0 aromatic rings. The fourth-order valence-corrected chi connectivity index (χ4v) is 2.24. The zero-order valence-electron chi connectivity index (χ0n) is 12.4. The van der Waals surface area contributed by atoms with Crippen LogP contribution >= 0.6 is 0 Å². The minimum Gasteiger partial charge on any atom is -0.444 e. The molecule has 1 aliphatic rings. The van der Waals surface area contributed by atoms with Crippen LogP contribution in [0.15, 0.2) is 0 Å². The van der Waals surface area contributed by atoms with E-state index < -0.39 is 5.60 Å². The number of rotatable bonds is 6. The van der Waals surface area contributed by atoms with E-state index in [1.54, 1.807) is 0 Å². The van der Waals surface area contributed by atoms with Crippen molar-refractivity contribution in [2.45, 2.75) is 58.1 Å². The maximum Gasteiger partial charge on any atom is 0.410 e. The van der Waals surface area contributed by atoms with E-state index in [2.05, 4.69) is 5.32 Å². The van der Waals surface area contributed by atoms with E-state index in [1.165, 1.54) is 0 Å². The Hall–Kier alpha value is -0.810. The summed E-state index contributed by atoms with van der Waals surface area (Å²) in [6.07, 6.45) is 3.67. The molecule has 0 bridgehead atoms. The van der Waals surface area contributed by atoms with Gasteiger partial charge in [-0.25, -0.2) is 4.79 Å². The molecule has 5 nitrogen and oxygen atoms in total. The number of aliphatic hydroxyl groups is 1. The zero-order valence-corrected chi connectivity index (χ0v) is 12.4. The average Bonchev–Trinajstić information content (AvgIpc) is 2.75. The molecule has 1 atom stereocenters. The number of hydrogen-bond acceptors (Lipinski definition) is 4. The number of carbonyl (C=O) groups is 1. The lowest BCUT2D eigenvalue weighted by atomic mass is 10.2. The number of nitrogens with one attached hydrogen (secondary N) is 1. The van der Waals surface area contributed by atoms with Crippen LogP contribution in [0.3, 0.4) is 0 Å². The molecule has 1 unspecified atom stereocenters. The fraction of sp³-hybridized carbons (Fsp3) is 0.929. The van der Waals surface area contributed by atoms with Gasteiger partial charge in [0.15, 0.2) is 0 Å². The van der Waals surface area contributed by atoms with Gasteiger partial charge in [-0.1, -0.05) is 0 Å². The van der Waals surface area contributed by atoms with Crippen molar-refractivity contribution >= 4 is 6.09 Å². The van der Waals surface area contributed by atoms with Crippen LogP contribution in [0, 0.1) is 0 Å². The average molecular weight is 272 g/mol. The molecular weight excluding hydrogens is 244 g/mol. The topological polar surface area (TPSA) is 61.8 Å². The van der Waals surface area contributed by atoms with Gasteiger partial charge in [0, 0.05) is 25.7 Å². The number of unbranched alkanes of at least 4 members (excludes halogenated alkanes) is 1. The van der Waals surface area contributed by atoms with Crippen molar-refractivity contribution < 1.29 is 14.6 Å². The number of nitrogens with zero attached hydrogens (tertiary/aromatic N) is 1. The Labute approximate surface area is 116 Å². The molecular formula is C14H28N2O3. The van der Waals surface area contributed by atoms with Crippen molar-refractivity contribution in [3.8, 4) is 0 Å². The Bertz CT molecular complexity index is 276. The van der Waals surface area contributed by atoms with E-state index in [-0.39, 0.29) is 18.7 Å². The molecule has 112 valence electrons. The van der Waals surface area contributed by atoms with E-state index in [0.29, 0.717) is 0 Å². The molecule has 0 aromatic heterocycles. The summed E-state index contributed by atoms with van der Waals surface area (Å²) >= 11 is 0. The van der Waals surface area contributed by atoms with Gasteiger partial charge >= 0.3 is 6.09 Å². The van der Waals surface area contributed by atoms with Gasteiger partial charge in [-0.2, -0.15) is 0 Å². The van der Waals surface area contributed by atoms with Crippen LogP contribution in [0.2, 0.25) is 0 Å². The van der Waals surface area contributed by atoms with Gasteiger partial charge in [0.1, 0.15) is 5.60 Å². The molecule has 0 saturated carbocycles. The second-order valence-corrected chi connectivity index (χ2v) is 6.10. The molecule has 0 radical (unpaired) electrons. The maximum absolute atomic E-state index is 12.0. The number of ether oxygens (including phenoxy) is 1. The summed E-state index contributed by atoms with van der Waals surface area (Å²) in [5, 5.41) is 12.1. The smallest absolute Gasteiger partial charge is 0.410 e. The van der Waals surface area contributed by atoms with Crippen LogP contribution in [0.5, 0.6) is 0 Å². The van der Waals surface area contributed by atoms with E-state index in [1.807, 2.05) is 25.7 Å². The number of hydrogen-bond donors (Lipinski definition) is 2. The number of aliphatic hydroxyl groups excluding tert-OH is 1. The van der Waals surface area contributed by atoms with Crippen molar-refractivity contribution in [2.24, 2.45) is 0 Å². The molecule has 0 aliphatic carbocycles. The Morgan fingerprint density at radius 1 is 1.42 bits per heavy atom. The van der Waals surface area contributed by atoms with Gasteiger partial charge < -0.3 is 20.1 Å². The molecule has 5 heteroatoms. The number of carbonyl (C=O) groups excluding carboxylic acids is 1. The van der Waals surface area contributed by atoms with E-state index >= 15 is 0 Å². The van der Waals surface area contributed by atoms with Crippen molar-refractivity contribution in [1.82, 2.24) is 10.2 Å². The first kappa shape index (κ1) is 16.2. The Balaban J connectivity index is 2.31. The Morgan fingerprint density at radius 3 is 2.79 bits per heavy atom. The third-order valence-corrected chi connectivity index (χ3v) is 3.15. The van der Waals surface area contributed by atoms with Crippen LogP contribution < -0.4 is 5.32 Å². The van der Waals surface area contributed by atoms with Gasteiger partial charge in [-0.3, -0.25) is 0 Å². The highest BCUT2D eigenvalue weighted by Crippen LogP contribution is 2.20. The van der Waals surface area contributed by atoms with E-state index in [4.69, 9.17) is 9.84 Å². The number of amides is 1. The molecule has 19 heavy (non-hydrogen) atoms. The van der Waals surface area contributed by atoms with Gasteiger partial charge in [-0.15, -0.1) is 0 Å². The van der Waals surface area contributed by atoms with Crippen molar-refractivity contribution in [3.63, 3.8) is 0 Å². The summed E-state index contributed by atoms with van der Waals surface area (Å²) < 4.78 is 5.42. The summed E-state index contributed by atoms with van der Waals surface area (Å²) in [4.78, 5) is 13.9. The second-order valence-electron chi connectivity index (χ2n) is 6.10. The van der Waals surface area contributed by atoms with Crippen LogP contribution in [0.4, 0.5) is 4.79 Å². The monoisotopic (exact) mass is 272 g/mol. The second kappa shape index (κ2) is 7.70. The SMILES string of the molecule is CC(C)(C)OC(=O)N1CCCC1CNCCCCO. The Morgan fingerprint density at radius 2 is 2.16 bits per heavy atom. The standard InChI is InChI=1S/C14H28N2O3/c1-14(2,3)19-13(18)16-9-6-7-12(16)11-15-8-4-5-10-17/h12,15,17H,4-11H2,1-3H3. The summed E-state index contributed by atoms with van der Waals surface area (Å²) in [5.74, 6) is 0. The number of likely N-dealkylation sites (tertiary alicyclic amines) is 1. The highest BCUT2D eigenvalue weighted by Gasteiger charge is 2.31. The molecule has 0 aromatic carbocycles. The summed E-state index contributed by atoms with van der Waals surface area (Å²) in [6.45, 7) is 8.41. The van der Waals surface area contributed by atoms with Crippen LogP contribution in [-0.4, -0.2) is 54.0 Å². The van der Waals surface area contributed by atoms with Gasteiger partial charge in [-0.05, 0) is 53.0 Å². The molecule has 1 amide bonds. The molecule has 1 saturated heterocycles. The lowest BCUT2D eigenvalue weighted by Crippen LogP contribution is -2.44. The first-order chi connectivity index (χ1) is 8.94. The third-order valence-electron chi connectivity index (χ3n) is 3.15. The highest BCUT2D eigenvalue weighted by molar-refractivity contribution is 5.69. The lowest BCUT2D eigenvalue weighted by Gasteiger charge is -2.28. The van der Waals surface area contributed by atoms with Crippen molar-refractivity contribution in [2.75, 3.05) is 26.2 Å². The zero-order chi connectivity index (χ0) is 14.3. The van der Waals surface area contributed by atoms with Crippen LogP contribution in [0.25, 0.3) is 0 Å². The Kier molecular flexibility index (Phi) is 6.58. The molecule has 0 spiro atoms. The maximum atomic E-state index is 12.0. The van der Waals surface area contributed by atoms with Crippen molar-refractivity contribution in [1.29, 1.82) is 0 Å². The first-order valence-electron chi connectivity index (χ1n) is 7.25. The lowest BCUT2D eigenvalue weighted by molar-refractivity contribution is 0.0226. The summed E-state index contributed by atoms with van der Waals surface area (Å²) in [6, 6.07) is 0.240.